The van der Waals surface area contributed by atoms with Crippen LogP contribution in [0.15, 0.2) is 60.7 Å². The first-order valence-electron chi connectivity index (χ1n) is 10.7. The predicted molar refractivity (Wildman–Crippen MR) is 126 cm³/mol. The number of aryl methyl sites for hydroxylation is 1. The maximum absolute atomic E-state index is 12.7. The molecule has 1 heterocycles. The topological polar surface area (TPSA) is 69.7 Å². The van der Waals surface area contributed by atoms with E-state index >= 15 is 0 Å². The van der Waals surface area contributed by atoms with E-state index in [1.807, 2.05) is 76.2 Å². The minimum atomic E-state index is -0.197. The Kier molecular flexibility index (Phi) is 7.84. The molecule has 1 amide bonds. The highest BCUT2D eigenvalue weighted by atomic mass is 16.5. The molecule has 0 aliphatic carbocycles. The number of pyridine rings is 1. The molecule has 0 aliphatic rings. The number of ether oxygens (including phenoxy) is 3. The summed E-state index contributed by atoms with van der Waals surface area (Å²) in [7, 11) is 1.62. The van der Waals surface area contributed by atoms with Crippen molar-refractivity contribution in [3.05, 3.63) is 77.6 Å². The first-order chi connectivity index (χ1) is 15.3. The van der Waals surface area contributed by atoms with Crippen LogP contribution in [-0.2, 0) is 11.2 Å². The van der Waals surface area contributed by atoms with E-state index in [1.54, 1.807) is 19.2 Å². The van der Waals surface area contributed by atoms with Gasteiger partial charge in [-0.2, -0.15) is 0 Å². The van der Waals surface area contributed by atoms with Gasteiger partial charge in [-0.05, 0) is 88.4 Å². The van der Waals surface area contributed by atoms with Gasteiger partial charge >= 0.3 is 0 Å². The van der Waals surface area contributed by atoms with E-state index in [0.717, 1.165) is 11.4 Å². The van der Waals surface area contributed by atoms with Gasteiger partial charge in [0.25, 0.3) is 5.91 Å². The third-order valence-corrected chi connectivity index (χ3v) is 4.80. The van der Waals surface area contributed by atoms with Gasteiger partial charge in [0.2, 0.25) is 0 Å². The highest BCUT2D eigenvalue weighted by Gasteiger charge is 2.13. The molecular weight excluding hydrogens is 404 g/mol. The molecular formula is C26H30N2O4. The van der Waals surface area contributed by atoms with Gasteiger partial charge in [0.05, 0.1) is 30.6 Å². The lowest BCUT2D eigenvalue weighted by Crippen LogP contribution is -2.18. The Morgan fingerprint density at radius 3 is 2.06 bits per heavy atom. The van der Waals surface area contributed by atoms with Crippen LogP contribution in [-0.4, -0.2) is 30.2 Å². The third kappa shape index (κ3) is 6.56. The first-order valence-corrected chi connectivity index (χ1v) is 10.7. The number of amides is 1. The van der Waals surface area contributed by atoms with Crippen LogP contribution < -0.4 is 14.8 Å². The van der Waals surface area contributed by atoms with Crippen molar-refractivity contribution in [1.29, 1.82) is 0 Å². The lowest BCUT2D eigenvalue weighted by atomic mass is 10.1. The fraction of sp³-hybridized carbons (Fsp3) is 0.308. The van der Waals surface area contributed by atoms with Crippen LogP contribution in [0, 0.1) is 6.92 Å². The average molecular weight is 435 g/mol. The first kappa shape index (κ1) is 23.3. The fourth-order valence-electron chi connectivity index (χ4n) is 3.36. The number of methoxy groups -OCH3 is 1. The Bertz CT molecular complexity index is 1030. The summed E-state index contributed by atoms with van der Waals surface area (Å²) in [5.74, 6) is 1.95. The maximum atomic E-state index is 12.7. The van der Waals surface area contributed by atoms with Crippen molar-refractivity contribution in [2.75, 3.05) is 12.4 Å². The largest absolute Gasteiger partial charge is 0.497 e. The summed E-state index contributed by atoms with van der Waals surface area (Å²) in [4.78, 5) is 17.3. The van der Waals surface area contributed by atoms with Gasteiger partial charge in [-0.3, -0.25) is 9.78 Å². The van der Waals surface area contributed by atoms with Gasteiger partial charge in [0, 0.05) is 17.8 Å². The van der Waals surface area contributed by atoms with Crippen LogP contribution in [0.5, 0.6) is 17.2 Å². The number of benzene rings is 2. The molecule has 0 radical (unpaired) electrons. The number of aromatic nitrogens is 1. The SMILES string of the molecule is COc1ccc(Oc2ccc(NC(=O)c3ccc(CC(C)OC(C)C)nc3C)cc2)cc1. The molecule has 1 N–H and O–H groups in total. The van der Waals surface area contributed by atoms with Crippen molar-refractivity contribution in [2.45, 2.75) is 46.3 Å². The number of rotatable bonds is 9. The molecule has 3 aromatic rings. The molecule has 0 spiro atoms. The smallest absolute Gasteiger partial charge is 0.257 e. The molecule has 0 saturated heterocycles. The summed E-state index contributed by atoms with van der Waals surface area (Å²) in [6.07, 6.45) is 0.945. The summed E-state index contributed by atoms with van der Waals surface area (Å²) in [6, 6.07) is 18.3. The van der Waals surface area contributed by atoms with Crippen molar-refractivity contribution in [1.82, 2.24) is 4.98 Å². The second-order valence-electron chi connectivity index (χ2n) is 7.89. The zero-order valence-electron chi connectivity index (χ0n) is 19.2. The summed E-state index contributed by atoms with van der Waals surface area (Å²) < 4.78 is 16.7. The normalized spacial score (nSPS) is 11.8. The quantitative estimate of drug-likeness (QED) is 0.461. The van der Waals surface area contributed by atoms with Gasteiger partial charge in [0.15, 0.2) is 0 Å². The molecule has 6 nitrogen and oxygen atoms in total. The molecule has 32 heavy (non-hydrogen) atoms. The molecule has 0 aliphatic heterocycles. The second-order valence-corrected chi connectivity index (χ2v) is 7.89. The molecule has 2 aromatic carbocycles. The van der Waals surface area contributed by atoms with E-state index in [-0.39, 0.29) is 18.1 Å². The van der Waals surface area contributed by atoms with Crippen molar-refractivity contribution in [3.8, 4) is 17.2 Å². The zero-order valence-corrected chi connectivity index (χ0v) is 19.2. The van der Waals surface area contributed by atoms with E-state index in [1.165, 1.54) is 0 Å². The van der Waals surface area contributed by atoms with Crippen LogP contribution in [0.3, 0.4) is 0 Å². The predicted octanol–water partition coefficient (Wildman–Crippen LogP) is 5.80. The van der Waals surface area contributed by atoms with Gasteiger partial charge < -0.3 is 19.5 Å². The molecule has 0 bridgehead atoms. The van der Waals surface area contributed by atoms with E-state index in [2.05, 4.69) is 10.3 Å². The minimum Gasteiger partial charge on any atom is -0.497 e. The lowest BCUT2D eigenvalue weighted by Gasteiger charge is -2.16. The summed E-state index contributed by atoms with van der Waals surface area (Å²) in [5.41, 5.74) is 2.83. The zero-order chi connectivity index (χ0) is 23.1. The molecule has 1 unspecified atom stereocenters. The van der Waals surface area contributed by atoms with Crippen LogP contribution in [0.2, 0.25) is 0 Å². The van der Waals surface area contributed by atoms with Crippen LogP contribution >= 0.6 is 0 Å². The number of nitrogens with one attached hydrogen (secondary N) is 1. The average Bonchev–Trinajstić information content (AvgIpc) is 2.75. The highest BCUT2D eigenvalue weighted by Crippen LogP contribution is 2.25. The van der Waals surface area contributed by atoms with Gasteiger partial charge in [0.1, 0.15) is 17.2 Å². The molecule has 0 fully saturated rings. The van der Waals surface area contributed by atoms with Crippen molar-refractivity contribution in [3.63, 3.8) is 0 Å². The van der Waals surface area contributed by atoms with Crippen LogP contribution in [0.1, 0.15) is 42.5 Å². The fourth-order valence-corrected chi connectivity index (χ4v) is 3.36. The molecule has 0 saturated carbocycles. The van der Waals surface area contributed by atoms with Gasteiger partial charge in [-0.15, -0.1) is 0 Å². The number of anilines is 1. The van der Waals surface area contributed by atoms with Crippen molar-refractivity contribution >= 4 is 11.6 Å². The minimum absolute atomic E-state index is 0.0697. The Morgan fingerprint density at radius 1 is 0.906 bits per heavy atom. The molecule has 1 aromatic heterocycles. The number of hydrogen-bond donors (Lipinski definition) is 1. The van der Waals surface area contributed by atoms with Crippen LogP contribution in [0.4, 0.5) is 5.69 Å². The lowest BCUT2D eigenvalue weighted by molar-refractivity contribution is 0.0190. The van der Waals surface area contributed by atoms with E-state index in [9.17, 15) is 4.79 Å². The Balaban J connectivity index is 1.60. The van der Waals surface area contributed by atoms with Gasteiger partial charge in [-0.25, -0.2) is 0 Å². The number of carbonyl (C=O) groups is 1. The van der Waals surface area contributed by atoms with E-state index in [0.29, 0.717) is 34.9 Å². The number of hydrogen-bond acceptors (Lipinski definition) is 5. The monoisotopic (exact) mass is 434 g/mol. The Labute approximate surface area is 189 Å². The Hall–Kier alpha value is -3.38. The second kappa shape index (κ2) is 10.8. The molecule has 1 atom stereocenters. The van der Waals surface area contributed by atoms with Crippen molar-refractivity contribution in [2.24, 2.45) is 0 Å². The molecule has 3 rings (SSSR count). The highest BCUT2D eigenvalue weighted by molar-refractivity contribution is 6.05. The van der Waals surface area contributed by atoms with E-state index in [4.69, 9.17) is 14.2 Å². The summed E-state index contributed by atoms with van der Waals surface area (Å²) in [6.45, 7) is 7.90. The Morgan fingerprint density at radius 2 is 1.50 bits per heavy atom. The molecule has 6 heteroatoms. The van der Waals surface area contributed by atoms with Crippen molar-refractivity contribution < 1.29 is 19.0 Å². The standard InChI is InChI=1S/C26H30N2O4/c1-17(2)31-18(3)16-21-8-15-25(19(4)27-21)26(29)28-20-6-9-23(10-7-20)32-24-13-11-22(30-5)12-14-24/h6-15,17-18H,16H2,1-5H3,(H,28,29). The van der Waals surface area contributed by atoms with Gasteiger partial charge in [-0.1, -0.05) is 0 Å². The maximum Gasteiger partial charge on any atom is 0.257 e. The summed E-state index contributed by atoms with van der Waals surface area (Å²) >= 11 is 0. The van der Waals surface area contributed by atoms with E-state index < -0.39 is 0 Å². The molecule has 168 valence electrons. The number of nitrogens with zero attached hydrogens (tertiary/aromatic N) is 1. The summed E-state index contributed by atoms with van der Waals surface area (Å²) in [5, 5.41) is 2.92. The third-order valence-electron chi connectivity index (χ3n) is 4.80. The number of carbonyl (C=O) groups excluding carboxylic acids is 1. The van der Waals surface area contributed by atoms with Crippen LogP contribution in [0.25, 0.3) is 0 Å².